The molecule has 0 radical (unpaired) electrons. The Labute approximate surface area is 90.3 Å². The predicted molar refractivity (Wildman–Crippen MR) is 61.8 cm³/mol. The molecule has 0 saturated heterocycles. The zero-order valence-corrected chi connectivity index (χ0v) is 10.1. The third kappa shape index (κ3) is 3.08. The van der Waals surface area contributed by atoms with Crippen molar-refractivity contribution in [2.75, 3.05) is 7.11 Å². The second-order valence-corrected chi connectivity index (χ2v) is 4.61. The summed E-state index contributed by atoms with van der Waals surface area (Å²) < 4.78 is 5.27. The molecule has 3 heteroatoms. The molecule has 0 aliphatic carbocycles. The summed E-state index contributed by atoms with van der Waals surface area (Å²) in [5, 5.41) is 5.63. The summed E-state index contributed by atoms with van der Waals surface area (Å²) in [6.07, 6.45) is 0.248. The highest BCUT2D eigenvalue weighted by molar-refractivity contribution is 7.10. The molecule has 0 aliphatic heterocycles. The molecule has 0 bridgehead atoms. The van der Waals surface area contributed by atoms with Gasteiger partial charge in [-0.3, -0.25) is 0 Å². The van der Waals surface area contributed by atoms with Crippen LogP contribution in [0.1, 0.15) is 31.7 Å². The Morgan fingerprint density at radius 2 is 2.07 bits per heavy atom. The highest BCUT2D eigenvalue weighted by atomic mass is 32.1. The van der Waals surface area contributed by atoms with E-state index in [0.29, 0.717) is 12.1 Å². The Bertz CT molecular complexity index is 248. The van der Waals surface area contributed by atoms with Crippen LogP contribution in [-0.4, -0.2) is 19.3 Å². The van der Waals surface area contributed by atoms with Gasteiger partial charge in [-0.15, -0.1) is 11.3 Å². The maximum Gasteiger partial charge on any atom is 0.0693 e. The molecule has 2 nitrogen and oxygen atoms in total. The van der Waals surface area contributed by atoms with Crippen LogP contribution in [0.3, 0.4) is 0 Å². The van der Waals surface area contributed by atoms with Gasteiger partial charge in [0.1, 0.15) is 0 Å². The van der Waals surface area contributed by atoms with E-state index in [4.69, 9.17) is 4.74 Å². The molecule has 0 amide bonds. The number of ether oxygens (including phenoxy) is 1. The van der Waals surface area contributed by atoms with Gasteiger partial charge in [-0.05, 0) is 32.2 Å². The minimum Gasteiger partial charge on any atom is -0.380 e. The van der Waals surface area contributed by atoms with Gasteiger partial charge in [0, 0.05) is 24.1 Å². The smallest absolute Gasteiger partial charge is 0.0693 e. The van der Waals surface area contributed by atoms with Gasteiger partial charge in [-0.2, -0.15) is 0 Å². The molecule has 0 aliphatic rings. The van der Waals surface area contributed by atoms with Crippen molar-refractivity contribution in [2.24, 2.45) is 0 Å². The molecule has 80 valence electrons. The lowest BCUT2D eigenvalue weighted by atomic mass is 10.1. The zero-order chi connectivity index (χ0) is 10.6. The molecule has 0 aromatic carbocycles. The molecule has 3 atom stereocenters. The van der Waals surface area contributed by atoms with Gasteiger partial charge >= 0.3 is 0 Å². The van der Waals surface area contributed by atoms with Gasteiger partial charge < -0.3 is 10.1 Å². The second kappa shape index (κ2) is 5.49. The molecule has 14 heavy (non-hydrogen) atoms. The van der Waals surface area contributed by atoms with E-state index in [-0.39, 0.29) is 6.10 Å². The molecule has 0 fully saturated rings. The third-order valence-electron chi connectivity index (χ3n) is 2.56. The van der Waals surface area contributed by atoms with Crippen LogP contribution in [0.15, 0.2) is 17.5 Å². The lowest BCUT2D eigenvalue weighted by Gasteiger charge is -2.23. The summed E-state index contributed by atoms with van der Waals surface area (Å²) >= 11 is 1.79. The summed E-state index contributed by atoms with van der Waals surface area (Å²) in [5.74, 6) is 0. The maximum atomic E-state index is 5.27. The van der Waals surface area contributed by atoms with Gasteiger partial charge in [0.05, 0.1) is 6.10 Å². The van der Waals surface area contributed by atoms with Crippen molar-refractivity contribution in [1.29, 1.82) is 0 Å². The maximum absolute atomic E-state index is 5.27. The topological polar surface area (TPSA) is 21.3 Å². The quantitative estimate of drug-likeness (QED) is 0.812. The van der Waals surface area contributed by atoms with E-state index in [1.807, 2.05) is 0 Å². The van der Waals surface area contributed by atoms with Gasteiger partial charge in [0.25, 0.3) is 0 Å². The molecular weight excluding hydrogens is 194 g/mol. The number of thiophene rings is 1. The number of nitrogens with one attached hydrogen (secondary N) is 1. The number of rotatable bonds is 5. The SMILES string of the molecule is COC(C)C(C)N[C@@H](C)c1cccs1. The Morgan fingerprint density at radius 3 is 2.57 bits per heavy atom. The highest BCUT2D eigenvalue weighted by Crippen LogP contribution is 2.19. The summed E-state index contributed by atoms with van der Waals surface area (Å²) in [6.45, 7) is 6.42. The lowest BCUT2D eigenvalue weighted by Crippen LogP contribution is -2.37. The first-order chi connectivity index (χ1) is 6.65. The average Bonchev–Trinajstić information content (AvgIpc) is 2.69. The van der Waals surface area contributed by atoms with E-state index in [2.05, 4.69) is 43.6 Å². The Hall–Kier alpha value is -0.380. The minimum atomic E-state index is 0.248. The van der Waals surface area contributed by atoms with E-state index in [1.54, 1.807) is 18.4 Å². The molecule has 1 N–H and O–H groups in total. The fourth-order valence-corrected chi connectivity index (χ4v) is 2.10. The van der Waals surface area contributed by atoms with Crippen LogP contribution in [-0.2, 0) is 4.74 Å². The van der Waals surface area contributed by atoms with E-state index in [9.17, 15) is 0 Å². The molecule has 0 saturated carbocycles. The van der Waals surface area contributed by atoms with E-state index in [0.717, 1.165) is 0 Å². The van der Waals surface area contributed by atoms with Crippen LogP contribution in [0.4, 0.5) is 0 Å². The minimum absolute atomic E-state index is 0.248. The van der Waals surface area contributed by atoms with Crippen molar-refractivity contribution < 1.29 is 4.74 Å². The first kappa shape index (κ1) is 11.7. The van der Waals surface area contributed by atoms with Crippen molar-refractivity contribution in [3.8, 4) is 0 Å². The average molecular weight is 213 g/mol. The molecule has 1 rings (SSSR count). The third-order valence-corrected chi connectivity index (χ3v) is 3.61. The van der Waals surface area contributed by atoms with Crippen LogP contribution in [0.25, 0.3) is 0 Å². The van der Waals surface area contributed by atoms with Crippen molar-refractivity contribution in [1.82, 2.24) is 5.32 Å². The van der Waals surface area contributed by atoms with Crippen molar-refractivity contribution in [3.05, 3.63) is 22.4 Å². The van der Waals surface area contributed by atoms with Crippen LogP contribution < -0.4 is 5.32 Å². The van der Waals surface area contributed by atoms with Crippen LogP contribution in [0.5, 0.6) is 0 Å². The number of methoxy groups -OCH3 is 1. The fourth-order valence-electron chi connectivity index (χ4n) is 1.35. The zero-order valence-electron chi connectivity index (χ0n) is 9.28. The molecule has 1 aromatic heterocycles. The first-order valence-corrected chi connectivity index (χ1v) is 5.85. The lowest BCUT2D eigenvalue weighted by molar-refractivity contribution is 0.0853. The van der Waals surface area contributed by atoms with Gasteiger partial charge in [-0.1, -0.05) is 6.07 Å². The summed E-state index contributed by atoms with van der Waals surface area (Å²) in [4.78, 5) is 1.38. The number of hydrogen-bond donors (Lipinski definition) is 1. The van der Waals surface area contributed by atoms with Crippen molar-refractivity contribution >= 4 is 11.3 Å². The molecule has 2 unspecified atom stereocenters. The molecule has 1 heterocycles. The summed E-state index contributed by atoms with van der Waals surface area (Å²) in [6, 6.07) is 5.02. The molecule has 1 aromatic rings. The predicted octanol–water partition coefficient (Wildman–Crippen LogP) is 2.82. The molecular formula is C11H19NOS. The number of hydrogen-bond acceptors (Lipinski definition) is 3. The van der Waals surface area contributed by atoms with Gasteiger partial charge in [0.15, 0.2) is 0 Å². The van der Waals surface area contributed by atoms with E-state index < -0.39 is 0 Å². The largest absolute Gasteiger partial charge is 0.380 e. The van der Waals surface area contributed by atoms with E-state index >= 15 is 0 Å². The van der Waals surface area contributed by atoms with Crippen LogP contribution in [0, 0.1) is 0 Å². The van der Waals surface area contributed by atoms with Crippen molar-refractivity contribution in [3.63, 3.8) is 0 Å². The fraction of sp³-hybridized carbons (Fsp3) is 0.636. The Kier molecular flexibility index (Phi) is 4.58. The van der Waals surface area contributed by atoms with Crippen LogP contribution in [0.2, 0.25) is 0 Å². The Balaban J connectivity index is 2.44. The summed E-state index contributed by atoms with van der Waals surface area (Å²) in [5.41, 5.74) is 0. The van der Waals surface area contributed by atoms with Crippen molar-refractivity contribution in [2.45, 2.75) is 39.0 Å². The normalized spacial score (nSPS) is 17.7. The molecule has 0 spiro atoms. The van der Waals surface area contributed by atoms with Gasteiger partial charge in [0.2, 0.25) is 0 Å². The second-order valence-electron chi connectivity index (χ2n) is 3.63. The van der Waals surface area contributed by atoms with Crippen LogP contribution >= 0.6 is 11.3 Å². The highest BCUT2D eigenvalue weighted by Gasteiger charge is 2.14. The first-order valence-electron chi connectivity index (χ1n) is 4.97. The monoisotopic (exact) mass is 213 g/mol. The summed E-state index contributed by atoms with van der Waals surface area (Å²) in [7, 11) is 1.75. The van der Waals surface area contributed by atoms with Gasteiger partial charge in [-0.25, -0.2) is 0 Å². The standard InChI is InChI=1S/C11H19NOS/c1-8(10(3)13-4)12-9(2)11-6-5-7-14-11/h5-10,12H,1-4H3/t8?,9-,10?/m0/s1. The van der Waals surface area contributed by atoms with E-state index in [1.165, 1.54) is 4.88 Å². The Morgan fingerprint density at radius 1 is 1.36 bits per heavy atom.